The average Bonchev–Trinajstić information content (AvgIpc) is 3.05. The van der Waals surface area contributed by atoms with Gasteiger partial charge in [-0.25, -0.2) is 4.79 Å². The van der Waals surface area contributed by atoms with Gasteiger partial charge in [-0.1, -0.05) is 18.0 Å². The largest absolute Gasteiger partial charge is 0.480 e. The molecule has 0 radical (unpaired) electrons. The molecule has 6 heteroatoms. The SMILES string of the molecule is O=C(O)[C@@H]1C[C@@H]2CCCC[C@H]2N1C(=O)c1ccon1. The fourth-order valence-electron chi connectivity index (χ4n) is 3.43. The molecule has 1 amide bonds. The molecule has 1 saturated heterocycles. The van der Waals surface area contributed by atoms with E-state index in [9.17, 15) is 14.7 Å². The van der Waals surface area contributed by atoms with E-state index in [1.54, 1.807) is 0 Å². The minimum atomic E-state index is -0.925. The molecule has 3 atom stereocenters. The lowest BCUT2D eigenvalue weighted by Gasteiger charge is -2.32. The maximum Gasteiger partial charge on any atom is 0.326 e. The van der Waals surface area contributed by atoms with Crippen molar-refractivity contribution >= 4 is 11.9 Å². The van der Waals surface area contributed by atoms with Gasteiger partial charge >= 0.3 is 5.97 Å². The number of carbonyl (C=O) groups is 2. The lowest BCUT2D eigenvalue weighted by molar-refractivity contribution is -0.141. The van der Waals surface area contributed by atoms with Crippen LogP contribution in [0.5, 0.6) is 0 Å². The number of carboxylic acids is 1. The van der Waals surface area contributed by atoms with Gasteiger partial charge in [0.25, 0.3) is 5.91 Å². The third-order valence-corrected chi connectivity index (χ3v) is 4.26. The van der Waals surface area contributed by atoms with Gasteiger partial charge in [0.2, 0.25) is 0 Å². The first-order valence-electron chi connectivity index (χ1n) is 6.64. The number of rotatable bonds is 2. The quantitative estimate of drug-likeness (QED) is 0.875. The summed E-state index contributed by atoms with van der Waals surface area (Å²) in [5.41, 5.74) is 0.192. The number of aliphatic carboxylic acids is 1. The molecule has 1 aliphatic carbocycles. The fraction of sp³-hybridized carbons (Fsp3) is 0.615. The van der Waals surface area contributed by atoms with Crippen molar-refractivity contribution in [2.45, 2.75) is 44.2 Å². The molecular weight excluding hydrogens is 248 g/mol. The Morgan fingerprint density at radius 3 is 2.84 bits per heavy atom. The van der Waals surface area contributed by atoms with E-state index in [-0.39, 0.29) is 17.6 Å². The van der Waals surface area contributed by atoms with Crippen molar-refractivity contribution in [3.63, 3.8) is 0 Å². The Morgan fingerprint density at radius 1 is 1.37 bits per heavy atom. The molecule has 0 bridgehead atoms. The summed E-state index contributed by atoms with van der Waals surface area (Å²) >= 11 is 0. The number of carboxylic acid groups (broad SMARTS) is 1. The average molecular weight is 264 g/mol. The molecule has 2 aliphatic rings. The van der Waals surface area contributed by atoms with Crippen LogP contribution in [0.25, 0.3) is 0 Å². The smallest absolute Gasteiger partial charge is 0.326 e. The second kappa shape index (κ2) is 4.68. The van der Waals surface area contributed by atoms with E-state index in [1.807, 2.05) is 0 Å². The highest BCUT2D eigenvalue weighted by molar-refractivity contribution is 5.95. The fourth-order valence-corrected chi connectivity index (χ4v) is 3.43. The molecule has 0 spiro atoms. The van der Waals surface area contributed by atoms with Gasteiger partial charge < -0.3 is 14.5 Å². The van der Waals surface area contributed by atoms with Crippen LogP contribution < -0.4 is 0 Å². The topological polar surface area (TPSA) is 83.6 Å². The molecule has 1 saturated carbocycles. The highest BCUT2D eigenvalue weighted by atomic mass is 16.5. The summed E-state index contributed by atoms with van der Waals surface area (Å²) in [6.45, 7) is 0. The number of likely N-dealkylation sites (tertiary alicyclic amines) is 1. The van der Waals surface area contributed by atoms with E-state index in [1.165, 1.54) is 17.2 Å². The molecular formula is C13H16N2O4. The van der Waals surface area contributed by atoms with Crippen LogP contribution in [0.2, 0.25) is 0 Å². The number of aromatic nitrogens is 1. The monoisotopic (exact) mass is 264 g/mol. The van der Waals surface area contributed by atoms with Gasteiger partial charge in [-0.2, -0.15) is 0 Å². The Balaban J connectivity index is 1.90. The molecule has 3 rings (SSSR count). The first kappa shape index (κ1) is 12.2. The van der Waals surface area contributed by atoms with Crippen LogP contribution in [0.3, 0.4) is 0 Å². The highest BCUT2D eigenvalue weighted by Gasteiger charge is 2.48. The van der Waals surface area contributed by atoms with Gasteiger partial charge in [0.1, 0.15) is 12.3 Å². The van der Waals surface area contributed by atoms with Crippen molar-refractivity contribution in [1.29, 1.82) is 0 Å². The summed E-state index contributed by atoms with van der Waals surface area (Å²) in [7, 11) is 0. The minimum Gasteiger partial charge on any atom is -0.480 e. The summed E-state index contributed by atoms with van der Waals surface area (Å²) in [6.07, 6.45) is 5.96. The summed E-state index contributed by atoms with van der Waals surface area (Å²) < 4.78 is 4.68. The second-order valence-corrected chi connectivity index (χ2v) is 5.30. The van der Waals surface area contributed by atoms with Crippen molar-refractivity contribution in [3.05, 3.63) is 18.0 Å². The molecule has 2 heterocycles. The van der Waals surface area contributed by atoms with Crippen LogP contribution in [-0.2, 0) is 4.79 Å². The lowest BCUT2D eigenvalue weighted by atomic mass is 9.84. The van der Waals surface area contributed by atoms with Crippen molar-refractivity contribution in [3.8, 4) is 0 Å². The standard InChI is InChI=1S/C13H16N2O4/c16-12(9-5-6-19-14-9)15-10-4-2-1-3-8(10)7-11(15)13(17)18/h5-6,8,10-11H,1-4,7H2,(H,17,18)/t8-,10+,11-/m0/s1. The first-order valence-corrected chi connectivity index (χ1v) is 6.64. The zero-order valence-electron chi connectivity index (χ0n) is 10.5. The van der Waals surface area contributed by atoms with Crippen molar-refractivity contribution in [1.82, 2.24) is 10.1 Å². The summed E-state index contributed by atoms with van der Waals surface area (Å²) in [5, 5.41) is 13.0. The van der Waals surface area contributed by atoms with E-state index in [2.05, 4.69) is 9.68 Å². The van der Waals surface area contributed by atoms with Gasteiger partial charge in [0.05, 0.1) is 0 Å². The molecule has 6 nitrogen and oxygen atoms in total. The lowest BCUT2D eigenvalue weighted by Crippen LogP contribution is -2.46. The van der Waals surface area contributed by atoms with Crippen LogP contribution in [-0.4, -0.2) is 39.1 Å². The number of fused-ring (bicyclic) bond motifs is 1. The third kappa shape index (κ3) is 2.01. The number of carbonyl (C=O) groups excluding carboxylic acids is 1. The Kier molecular flexibility index (Phi) is 3.00. The van der Waals surface area contributed by atoms with E-state index >= 15 is 0 Å². The van der Waals surface area contributed by atoms with Gasteiger partial charge in [0.15, 0.2) is 5.69 Å². The number of amides is 1. The van der Waals surface area contributed by atoms with Crippen molar-refractivity contribution in [2.24, 2.45) is 5.92 Å². The molecule has 1 aromatic heterocycles. The number of hydrogen-bond acceptors (Lipinski definition) is 4. The van der Waals surface area contributed by atoms with Gasteiger partial charge in [-0.05, 0) is 25.2 Å². The van der Waals surface area contributed by atoms with Crippen LogP contribution in [0.1, 0.15) is 42.6 Å². The van der Waals surface area contributed by atoms with Crippen molar-refractivity contribution < 1.29 is 19.2 Å². The molecule has 1 aromatic rings. The van der Waals surface area contributed by atoms with Crippen LogP contribution in [0.15, 0.2) is 16.9 Å². The Bertz CT molecular complexity index is 485. The zero-order valence-corrected chi connectivity index (χ0v) is 10.5. The highest BCUT2D eigenvalue weighted by Crippen LogP contribution is 2.40. The van der Waals surface area contributed by atoms with Crippen molar-refractivity contribution in [2.75, 3.05) is 0 Å². The molecule has 1 N–H and O–H groups in total. The maximum atomic E-state index is 12.4. The molecule has 0 unspecified atom stereocenters. The molecule has 2 fully saturated rings. The van der Waals surface area contributed by atoms with E-state index in [0.717, 1.165) is 25.7 Å². The minimum absolute atomic E-state index is 0.0408. The van der Waals surface area contributed by atoms with Crippen LogP contribution >= 0.6 is 0 Å². The molecule has 1 aliphatic heterocycles. The second-order valence-electron chi connectivity index (χ2n) is 5.30. The van der Waals surface area contributed by atoms with Crippen LogP contribution in [0.4, 0.5) is 0 Å². The van der Waals surface area contributed by atoms with Crippen LogP contribution in [0, 0.1) is 5.92 Å². The Hall–Kier alpha value is -1.85. The van der Waals surface area contributed by atoms with E-state index < -0.39 is 12.0 Å². The number of hydrogen-bond donors (Lipinski definition) is 1. The molecule has 19 heavy (non-hydrogen) atoms. The normalized spacial score (nSPS) is 30.1. The molecule has 0 aromatic carbocycles. The van der Waals surface area contributed by atoms with Gasteiger partial charge in [-0.3, -0.25) is 4.79 Å². The number of nitrogens with zero attached hydrogens (tertiary/aromatic N) is 2. The van der Waals surface area contributed by atoms with E-state index in [4.69, 9.17) is 0 Å². The van der Waals surface area contributed by atoms with Gasteiger partial charge in [0, 0.05) is 12.1 Å². The first-order chi connectivity index (χ1) is 9.18. The predicted molar refractivity (Wildman–Crippen MR) is 64.5 cm³/mol. The summed E-state index contributed by atoms with van der Waals surface area (Å²) in [5.74, 6) is -0.938. The maximum absolute atomic E-state index is 12.4. The Labute approximate surface area is 110 Å². The van der Waals surface area contributed by atoms with Gasteiger partial charge in [-0.15, -0.1) is 0 Å². The summed E-state index contributed by atoms with van der Waals surface area (Å²) in [4.78, 5) is 25.3. The Morgan fingerprint density at radius 2 is 2.16 bits per heavy atom. The molecule has 102 valence electrons. The predicted octanol–water partition coefficient (Wildman–Crippen LogP) is 1.53. The third-order valence-electron chi connectivity index (χ3n) is 4.26. The van der Waals surface area contributed by atoms with E-state index in [0.29, 0.717) is 12.3 Å². The summed E-state index contributed by atoms with van der Waals surface area (Å²) in [6, 6.07) is 0.800. The zero-order chi connectivity index (χ0) is 13.4.